The molecule has 3 nitrogen and oxygen atoms in total. The van der Waals surface area contributed by atoms with Gasteiger partial charge < -0.3 is 4.57 Å². The van der Waals surface area contributed by atoms with E-state index in [1.165, 1.54) is 22.0 Å². The number of hydrogen-bond acceptors (Lipinski definition) is 2. The van der Waals surface area contributed by atoms with Gasteiger partial charge in [-0.3, -0.25) is 4.98 Å². The number of hydrogen-bond donors (Lipinski definition) is 0. The second-order valence-corrected chi connectivity index (χ2v) is 7.51. The van der Waals surface area contributed by atoms with E-state index in [0.717, 1.165) is 35.3 Å². The Balaban J connectivity index is 1.41. The Morgan fingerprint density at radius 1 is 0.867 bits per heavy atom. The molecule has 2 heterocycles. The van der Waals surface area contributed by atoms with E-state index in [1.807, 2.05) is 36.5 Å². The molecule has 0 amide bonds. The van der Waals surface area contributed by atoms with Crippen molar-refractivity contribution in [2.24, 2.45) is 0 Å². The Morgan fingerprint density at radius 3 is 2.63 bits per heavy atom. The summed E-state index contributed by atoms with van der Waals surface area (Å²) in [5, 5.41) is 1.31. The Bertz CT molecular complexity index is 1360. The van der Waals surface area contributed by atoms with Crippen LogP contribution in [0.1, 0.15) is 29.3 Å². The smallest absolute Gasteiger partial charge is 0.0894 e. The first-order chi connectivity index (χ1) is 14.8. The SMILES string of the molecule is CCc1cccc2ccn(Cc3cccc(/C=C/c4cnc5ccccc5n4)c3)c12. The number of fused-ring (bicyclic) bond motifs is 2. The van der Waals surface area contributed by atoms with Crippen molar-refractivity contribution in [1.29, 1.82) is 0 Å². The second-order valence-electron chi connectivity index (χ2n) is 7.51. The highest BCUT2D eigenvalue weighted by Gasteiger charge is 2.06. The van der Waals surface area contributed by atoms with Crippen molar-refractivity contribution in [2.75, 3.05) is 0 Å². The predicted octanol–water partition coefficient (Wildman–Crippen LogP) is 6.37. The molecule has 0 atom stereocenters. The van der Waals surface area contributed by atoms with Crippen LogP contribution in [0, 0.1) is 0 Å². The largest absolute Gasteiger partial charge is 0.343 e. The summed E-state index contributed by atoms with van der Waals surface area (Å²) in [7, 11) is 0. The van der Waals surface area contributed by atoms with E-state index in [2.05, 4.69) is 82.3 Å². The van der Waals surface area contributed by atoms with Crippen LogP contribution in [0.15, 0.2) is 85.2 Å². The Kier molecular flexibility index (Phi) is 4.86. The van der Waals surface area contributed by atoms with Crippen LogP contribution in [-0.2, 0) is 13.0 Å². The van der Waals surface area contributed by atoms with Crippen molar-refractivity contribution in [2.45, 2.75) is 19.9 Å². The standard InChI is InChI=1S/C27H23N3/c1-2-22-9-6-10-23-15-16-30(27(22)23)19-21-8-5-7-20(17-21)13-14-24-18-28-25-11-3-4-12-26(25)29-24/h3-18H,2,19H2,1H3/b14-13+. The molecular weight excluding hydrogens is 366 g/mol. The van der Waals surface area contributed by atoms with Crippen molar-refractivity contribution < 1.29 is 0 Å². The van der Waals surface area contributed by atoms with Gasteiger partial charge in [0.15, 0.2) is 0 Å². The minimum atomic E-state index is 0.859. The molecule has 0 aliphatic carbocycles. The molecule has 0 fully saturated rings. The molecule has 0 bridgehead atoms. The molecule has 0 spiro atoms. The summed E-state index contributed by atoms with van der Waals surface area (Å²) in [4.78, 5) is 9.16. The van der Waals surface area contributed by atoms with Gasteiger partial charge in [-0.25, -0.2) is 4.98 Å². The van der Waals surface area contributed by atoms with Crippen molar-refractivity contribution >= 4 is 34.1 Å². The number of benzene rings is 3. The van der Waals surface area contributed by atoms with E-state index in [4.69, 9.17) is 0 Å². The normalized spacial score (nSPS) is 11.6. The lowest BCUT2D eigenvalue weighted by Crippen LogP contribution is -2.00. The zero-order valence-electron chi connectivity index (χ0n) is 17.0. The van der Waals surface area contributed by atoms with Crippen LogP contribution in [0.4, 0.5) is 0 Å². The summed E-state index contributed by atoms with van der Waals surface area (Å²) in [6, 6.07) is 25.4. The summed E-state index contributed by atoms with van der Waals surface area (Å²) < 4.78 is 2.35. The molecule has 0 saturated heterocycles. The first kappa shape index (κ1) is 18.3. The third-order valence-electron chi connectivity index (χ3n) is 5.47. The third-order valence-corrected chi connectivity index (χ3v) is 5.47. The fourth-order valence-corrected chi connectivity index (χ4v) is 3.98. The molecule has 0 aliphatic heterocycles. The average molecular weight is 390 g/mol. The highest BCUT2D eigenvalue weighted by atomic mass is 15.0. The highest BCUT2D eigenvalue weighted by Crippen LogP contribution is 2.22. The van der Waals surface area contributed by atoms with E-state index in [-0.39, 0.29) is 0 Å². The van der Waals surface area contributed by atoms with Gasteiger partial charge in [0, 0.05) is 12.7 Å². The Hall–Kier alpha value is -3.72. The van der Waals surface area contributed by atoms with Gasteiger partial charge in [0.05, 0.1) is 28.4 Å². The lowest BCUT2D eigenvalue weighted by Gasteiger charge is -2.10. The van der Waals surface area contributed by atoms with E-state index in [1.54, 1.807) is 0 Å². The second kappa shape index (κ2) is 7.96. The third kappa shape index (κ3) is 3.62. The first-order valence-electron chi connectivity index (χ1n) is 10.4. The Labute approximate surface area is 176 Å². The van der Waals surface area contributed by atoms with Gasteiger partial charge in [0.25, 0.3) is 0 Å². The number of para-hydroxylation sites is 3. The Morgan fingerprint density at radius 2 is 1.73 bits per heavy atom. The molecule has 0 aliphatic rings. The zero-order valence-corrected chi connectivity index (χ0v) is 17.0. The number of aromatic nitrogens is 3. The molecule has 0 unspecified atom stereocenters. The molecule has 2 aromatic heterocycles. The summed E-state index contributed by atoms with van der Waals surface area (Å²) in [5.74, 6) is 0. The topological polar surface area (TPSA) is 30.7 Å². The maximum atomic E-state index is 4.67. The average Bonchev–Trinajstić information content (AvgIpc) is 3.21. The lowest BCUT2D eigenvalue weighted by molar-refractivity contribution is 0.831. The highest BCUT2D eigenvalue weighted by molar-refractivity contribution is 5.83. The van der Waals surface area contributed by atoms with Gasteiger partial charge in [-0.05, 0) is 58.8 Å². The number of aryl methyl sites for hydroxylation is 1. The van der Waals surface area contributed by atoms with Crippen molar-refractivity contribution in [3.63, 3.8) is 0 Å². The van der Waals surface area contributed by atoms with E-state index < -0.39 is 0 Å². The molecule has 0 saturated carbocycles. The molecule has 30 heavy (non-hydrogen) atoms. The van der Waals surface area contributed by atoms with Crippen LogP contribution in [-0.4, -0.2) is 14.5 Å². The van der Waals surface area contributed by atoms with Crippen LogP contribution in [0.2, 0.25) is 0 Å². The lowest BCUT2D eigenvalue weighted by atomic mass is 10.1. The maximum absolute atomic E-state index is 4.67. The fraction of sp³-hybridized carbons (Fsp3) is 0.111. The molecule has 146 valence electrons. The van der Waals surface area contributed by atoms with Gasteiger partial charge >= 0.3 is 0 Å². The summed E-state index contributed by atoms with van der Waals surface area (Å²) >= 11 is 0. The predicted molar refractivity (Wildman–Crippen MR) is 125 cm³/mol. The van der Waals surface area contributed by atoms with Gasteiger partial charge in [-0.2, -0.15) is 0 Å². The van der Waals surface area contributed by atoms with Crippen molar-refractivity contribution in [3.05, 3.63) is 108 Å². The van der Waals surface area contributed by atoms with Crippen molar-refractivity contribution in [1.82, 2.24) is 14.5 Å². The monoisotopic (exact) mass is 389 g/mol. The minimum Gasteiger partial charge on any atom is -0.343 e. The molecule has 0 radical (unpaired) electrons. The van der Waals surface area contributed by atoms with Crippen LogP contribution in [0.5, 0.6) is 0 Å². The van der Waals surface area contributed by atoms with Crippen molar-refractivity contribution in [3.8, 4) is 0 Å². The zero-order chi connectivity index (χ0) is 20.3. The van der Waals surface area contributed by atoms with Gasteiger partial charge in [-0.1, -0.05) is 61.5 Å². The quantitative estimate of drug-likeness (QED) is 0.350. The number of nitrogens with zero attached hydrogens (tertiary/aromatic N) is 3. The minimum absolute atomic E-state index is 0.859. The van der Waals surface area contributed by atoms with Crippen LogP contribution < -0.4 is 0 Å². The summed E-state index contributed by atoms with van der Waals surface area (Å²) in [6.45, 7) is 3.07. The van der Waals surface area contributed by atoms with E-state index in [9.17, 15) is 0 Å². The van der Waals surface area contributed by atoms with E-state index >= 15 is 0 Å². The molecule has 3 heteroatoms. The van der Waals surface area contributed by atoms with Gasteiger partial charge in [0.2, 0.25) is 0 Å². The summed E-state index contributed by atoms with van der Waals surface area (Å²) in [6.07, 6.45) is 9.18. The molecule has 3 aromatic carbocycles. The van der Waals surface area contributed by atoms with Crippen LogP contribution >= 0.6 is 0 Å². The van der Waals surface area contributed by atoms with Gasteiger partial charge in [-0.15, -0.1) is 0 Å². The first-order valence-corrected chi connectivity index (χ1v) is 10.4. The molecule has 5 rings (SSSR count). The molecular formula is C27H23N3. The molecule has 5 aromatic rings. The number of rotatable bonds is 5. The van der Waals surface area contributed by atoms with E-state index in [0.29, 0.717) is 0 Å². The molecule has 0 N–H and O–H groups in total. The van der Waals surface area contributed by atoms with Crippen LogP contribution in [0.25, 0.3) is 34.1 Å². The van der Waals surface area contributed by atoms with Crippen LogP contribution in [0.3, 0.4) is 0 Å². The fourth-order valence-electron chi connectivity index (χ4n) is 3.98. The van der Waals surface area contributed by atoms with Gasteiger partial charge in [0.1, 0.15) is 0 Å². The maximum Gasteiger partial charge on any atom is 0.0894 e. The summed E-state index contributed by atoms with van der Waals surface area (Å²) in [5.41, 5.74) is 7.88.